The van der Waals surface area contributed by atoms with Crippen LogP contribution >= 0.6 is 0 Å². The first kappa shape index (κ1) is 18.7. The van der Waals surface area contributed by atoms with Crippen LogP contribution in [0.4, 0.5) is 0 Å². The van der Waals surface area contributed by atoms with Crippen molar-refractivity contribution in [3.63, 3.8) is 0 Å². The molecule has 0 amide bonds. The van der Waals surface area contributed by atoms with E-state index in [0.717, 1.165) is 14.2 Å². The molecule has 0 aromatic heterocycles. The van der Waals surface area contributed by atoms with Gasteiger partial charge in [-0.25, -0.2) is 29.0 Å². The maximum Gasteiger partial charge on any atom is 0.387 e. The summed E-state index contributed by atoms with van der Waals surface area (Å²) in [6, 6.07) is 11.4. The van der Waals surface area contributed by atoms with Crippen LogP contribution in [0.15, 0.2) is 48.5 Å². The summed E-state index contributed by atoms with van der Waals surface area (Å²) in [5.41, 5.74) is -0.390. The van der Waals surface area contributed by atoms with Gasteiger partial charge in [0.25, 0.3) is 0 Å². The molecule has 0 heterocycles. The van der Waals surface area contributed by atoms with E-state index in [0.29, 0.717) is 0 Å². The molecule has 0 spiro atoms. The van der Waals surface area contributed by atoms with Crippen LogP contribution < -0.4 is 0 Å². The average Bonchev–Trinajstić information content (AvgIpc) is 2.70. The minimum absolute atomic E-state index is 0.0500. The Hall–Kier alpha value is -3.68. The zero-order chi connectivity index (χ0) is 19.1. The van der Waals surface area contributed by atoms with E-state index in [9.17, 15) is 19.2 Å². The van der Waals surface area contributed by atoms with Crippen molar-refractivity contribution < 1.29 is 38.4 Å². The number of esters is 2. The molecule has 2 aromatic carbocycles. The smallest absolute Gasteiger partial charge is 0.387 e. The number of rotatable bonds is 4. The minimum atomic E-state index is -1.07. The molecule has 0 aliphatic carbocycles. The molecule has 2 rings (SSSR count). The van der Waals surface area contributed by atoms with Gasteiger partial charge in [0.05, 0.1) is 36.5 Å². The molecule has 0 aliphatic rings. The van der Waals surface area contributed by atoms with E-state index in [2.05, 4.69) is 19.2 Å². The molecule has 0 saturated carbocycles. The Kier molecular flexibility index (Phi) is 6.05. The van der Waals surface area contributed by atoms with Crippen LogP contribution in [0.1, 0.15) is 41.4 Å². The summed E-state index contributed by atoms with van der Waals surface area (Å²) < 4.78 is 9.14. The summed E-state index contributed by atoms with van der Waals surface area (Å²) in [6.45, 7) is 0. The predicted molar refractivity (Wildman–Crippen MR) is 86.4 cm³/mol. The molecule has 0 fully saturated rings. The fourth-order valence-electron chi connectivity index (χ4n) is 2.06. The summed E-state index contributed by atoms with van der Waals surface area (Å²) in [5, 5.41) is 0. The van der Waals surface area contributed by atoms with Crippen LogP contribution in [0.3, 0.4) is 0 Å². The molecule has 0 atom stereocenters. The van der Waals surface area contributed by atoms with Gasteiger partial charge in [-0.15, -0.1) is 0 Å². The van der Waals surface area contributed by atoms with Crippen LogP contribution in [0.2, 0.25) is 0 Å². The Labute approximate surface area is 148 Å². The third-order valence-electron chi connectivity index (χ3n) is 3.30. The largest absolute Gasteiger partial charge is 0.465 e. The summed E-state index contributed by atoms with van der Waals surface area (Å²) in [4.78, 5) is 56.5. The van der Waals surface area contributed by atoms with E-state index >= 15 is 0 Å². The lowest BCUT2D eigenvalue weighted by Gasteiger charge is -2.08. The number of carbonyl (C=O) groups is 4. The Morgan fingerprint density at radius 1 is 0.538 bits per heavy atom. The van der Waals surface area contributed by atoms with Crippen molar-refractivity contribution in [2.45, 2.75) is 0 Å². The molecule has 0 radical (unpaired) electrons. The second kappa shape index (κ2) is 8.43. The Morgan fingerprint density at radius 2 is 0.808 bits per heavy atom. The zero-order valence-electron chi connectivity index (χ0n) is 13.9. The van der Waals surface area contributed by atoms with Crippen molar-refractivity contribution >= 4 is 23.9 Å². The van der Waals surface area contributed by atoms with E-state index in [1.165, 1.54) is 48.5 Å². The number of benzene rings is 2. The molecule has 0 aliphatic heterocycles. The first-order valence-corrected chi connectivity index (χ1v) is 7.27. The lowest BCUT2D eigenvalue weighted by molar-refractivity contribution is -0.187. The summed E-state index contributed by atoms with van der Waals surface area (Å²) in [5.74, 6) is -3.65. The molecule has 2 aromatic rings. The van der Waals surface area contributed by atoms with Crippen LogP contribution in [0.25, 0.3) is 0 Å². The number of methoxy groups -OCH3 is 2. The number of hydrogen-bond donors (Lipinski definition) is 0. The van der Waals surface area contributed by atoms with Crippen LogP contribution in [-0.4, -0.2) is 38.1 Å². The van der Waals surface area contributed by atoms with E-state index in [-0.39, 0.29) is 22.3 Å². The van der Waals surface area contributed by atoms with Gasteiger partial charge in [-0.1, -0.05) is 24.3 Å². The quantitative estimate of drug-likeness (QED) is 0.465. The molecule has 0 bridgehead atoms. The van der Waals surface area contributed by atoms with E-state index in [1.54, 1.807) is 0 Å². The molecule has 26 heavy (non-hydrogen) atoms. The Bertz CT molecular complexity index is 784. The third kappa shape index (κ3) is 4.04. The minimum Gasteiger partial charge on any atom is -0.465 e. The van der Waals surface area contributed by atoms with E-state index in [4.69, 9.17) is 0 Å². The maximum atomic E-state index is 12.1. The molecule has 0 saturated heterocycles. The lowest BCUT2D eigenvalue weighted by atomic mass is 10.1. The highest BCUT2D eigenvalue weighted by molar-refractivity contribution is 6.04. The highest BCUT2D eigenvalue weighted by atomic mass is 17.2. The average molecular weight is 358 g/mol. The standard InChI is InChI=1S/C18H14O8/c1-23-15(19)11-7-3-5-9-13(11)17(21)25-26-18(22)14-10-6-4-8-12(14)16(20)24-2/h3-10H,1-2H3. The Morgan fingerprint density at radius 3 is 1.08 bits per heavy atom. The maximum absolute atomic E-state index is 12.1. The number of ether oxygens (including phenoxy) is 2. The second-order valence-corrected chi connectivity index (χ2v) is 4.82. The fourth-order valence-corrected chi connectivity index (χ4v) is 2.06. The van der Waals surface area contributed by atoms with Gasteiger partial charge in [-0.2, -0.15) is 0 Å². The van der Waals surface area contributed by atoms with Crippen molar-refractivity contribution in [3.8, 4) is 0 Å². The van der Waals surface area contributed by atoms with Gasteiger partial charge >= 0.3 is 23.9 Å². The number of hydrogen-bond acceptors (Lipinski definition) is 8. The lowest BCUT2D eigenvalue weighted by Crippen LogP contribution is -2.17. The molecule has 8 heteroatoms. The molecular weight excluding hydrogens is 344 g/mol. The summed E-state index contributed by atoms with van der Waals surface area (Å²) >= 11 is 0. The van der Waals surface area contributed by atoms with Gasteiger partial charge in [0, 0.05) is 0 Å². The van der Waals surface area contributed by atoms with Crippen molar-refractivity contribution in [2.75, 3.05) is 14.2 Å². The van der Waals surface area contributed by atoms with Gasteiger partial charge in [0.15, 0.2) is 0 Å². The van der Waals surface area contributed by atoms with E-state index < -0.39 is 23.9 Å². The van der Waals surface area contributed by atoms with Gasteiger partial charge in [0.1, 0.15) is 0 Å². The Balaban J connectivity index is 2.15. The summed E-state index contributed by atoms with van der Waals surface area (Å²) in [7, 11) is 2.32. The first-order valence-electron chi connectivity index (χ1n) is 7.27. The van der Waals surface area contributed by atoms with Gasteiger partial charge < -0.3 is 9.47 Å². The third-order valence-corrected chi connectivity index (χ3v) is 3.30. The normalized spacial score (nSPS) is 9.77. The van der Waals surface area contributed by atoms with Crippen LogP contribution in [-0.2, 0) is 19.2 Å². The van der Waals surface area contributed by atoms with Crippen molar-refractivity contribution in [1.82, 2.24) is 0 Å². The van der Waals surface area contributed by atoms with Gasteiger partial charge in [0.2, 0.25) is 0 Å². The monoisotopic (exact) mass is 358 g/mol. The summed E-state index contributed by atoms with van der Waals surface area (Å²) in [6.07, 6.45) is 0. The second-order valence-electron chi connectivity index (χ2n) is 4.82. The molecule has 0 N–H and O–H groups in total. The van der Waals surface area contributed by atoms with E-state index in [1.807, 2.05) is 0 Å². The van der Waals surface area contributed by atoms with Crippen molar-refractivity contribution in [3.05, 3.63) is 70.8 Å². The molecule has 0 unspecified atom stereocenters. The SMILES string of the molecule is COC(=O)c1ccccc1C(=O)OOC(=O)c1ccccc1C(=O)OC. The topological polar surface area (TPSA) is 105 Å². The zero-order valence-corrected chi connectivity index (χ0v) is 13.9. The highest BCUT2D eigenvalue weighted by Crippen LogP contribution is 2.14. The first-order chi connectivity index (χ1) is 12.5. The van der Waals surface area contributed by atoms with Gasteiger partial charge in [-0.3, -0.25) is 0 Å². The van der Waals surface area contributed by atoms with Crippen LogP contribution in [0, 0.1) is 0 Å². The predicted octanol–water partition coefficient (Wildman–Crippen LogP) is 2.19. The van der Waals surface area contributed by atoms with Crippen molar-refractivity contribution in [2.24, 2.45) is 0 Å². The molecule has 8 nitrogen and oxygen atoms in total. The number of carbonyl (C=O) groups excluding carboxylic acids is 4. The molecular formula is C18H14O8. The highest BCUT2D eigenvalue weighted by Gasteiger charge is 2.23. The van der Waals surface area contributed by atoms with Crippen LogP contribution in [0.5, 0.6) is 0 Å². The van der Waals surface area contributed by atoms with Crippen molar-refractivity contribution in [1.29, 1.82) is 0 Å². The fraction of sp³-hybridized carbons (Fsp3) is 0.111. The van der Waals surface area contributed by atoms with Gasteiger partial charge in [-0.05, 0) is 24.3 Å². The molecule has 134 valence electrons.